The molecule has 2 rings (SSSR count). The van der Waals surface area contributed by atoms with Gasteiger partial charge in [0, 0.05) is 5.92 Å². The molecule has 0 aromatic heterocycles. The van der Waals surface area contributed by atoms with Crippen LogP contribution < -0.4 is 0 Å². The largest absolute Gasteiger partial charge is 0.266 e. The van der Waals surface area contributed by atoms with E-state index in [1.165, 1.54) is 17.1 Å². The lowest BCUT2D eigenvalue weighted by molar-refractivity contribution is 0.798. The first kappa shape index (κ1) is 9.36. The fourth-order valence-electron chi connectivity index (χ4n) is 1.35. The molecule has 0 saturated carbocycles. The summed E-state index contributed by atoms with van der Waals surface area (Å²) in [4.78, 5) is 3.21. The minimum atomic E-state index is 0.480. The monoisotopic (exact) mass is 327 g/mol. The predicted molar refractivity (Wildman–Crippen MR) is 69.7 cm³/mol. The summed E-state index contributed by atoms with van der Waals surface area (Å²) in [5.41, 5.74) is 0. The maximum atomic E-state index is 5.32. The molecule has 2 heterocycles. The van der Waals surface area contributed by atoms with Crippen molar-refractivity contribution in [2.24, 2.45) is 5.92 Å². The fourth-order valence-corrected chi connectivity index (χ4v) is 3.81. The molecule has 1 unspecified atom stereocenters. The molecule has 0 aromatic carbocycles. The van der Waals surface area contributed by atoms with Crippen LogP contribution in [0.4, 0.5) is 0 Å². The lowest BCUT2D eigenvalue weighted by Gasteiger charge is -2.26. The number of thioether (sulfide) groups is 1. The molecule has 0 N–H and O–H groups in total. The molecule has 0 aliphatic carbocycles. The summed E-state index contributed by atoms with van der Waals surface area (Å²) in [6.07, 6.45) is 3.26. The first-order chi connectivity index (χ1) is 5.70. The van der Waals surface area contributed by atoms with Crippen molar-refractivity contribution in [2.45, 2.75) is 6.42 Å². The van der Waals surface area contributed by atoms with Gasteiger partial charge in [0.15, 0.2) is 0 Å². The summed E-state index contributed by atoms with van der Waals surface area (Å²) in [7, 11) is 0. The third kappa shape index (κ3) is 1.44. The van der Waals surface area contributed by atoms with E-state index >= 15 is 0 Å². The molecule has 0 bridgehead atoms. The van der Waals surface area contributed by atoms with Crippen LogP contribution in [0.2, 0.25) is 0 Å². The van der Waals surface area contributed by atoms with E-state index in [-0.39, 0.29) is 0 Å². The first-order valence-corrected chi connectivity index (χ1v) is 6.35. The molecule has 0 spiro atoms. The highest BCUT2D eigenvalue weighted by Gasteiger charge is 2.33. The summed E-state index contributed by atoms with van der Waals surface area (Å²) in [6, 6.07) is 0. The fraction of sp³-hybridized carbons (Fsp3) is 0.429. The van der Waals surface area contributed by atoms with Crippen LogP contribution in [0.1, 0.15) is 6.42 Å². The minimum Gasteiger partial charge on any atom is -0.266 e. The van der Waals surface area contributed by atoms with Gasteiger partial charge in [-0.2, -0.15) is 0 Å². The van der Waals surface area contributed by atoms with Crippen LogP contribution in [0.3, 0.4) is 0 Å². The van der Waals surface area contributed by atoms with Crippen molar-refractivity contribution in [1.29, 1.82) is 0 Å². The van der Waals surface area contributed by atoms with E-state index in [0.717, 1.165) is 9.98 Å². The Morgan fingerprint density at radius 3 is 3.08 bits per heavy atom. The predicted octanol–water partition coefficient (Wildman–Crippen LogP) is 2.94. The van der Waals surface area contributed by atoms with E-state index in [1.54, 1.807) is 0 Å². The molecule has 1 nitrogen and oxygen atoms in total. The normalized spacial score (nSPS) is 28.9. The van der Waals surface area contributed by atoms with Crippen LogP contribution in [0, 0.1) is 5.92 Å². The number of thiocarbonyl (C=S) groups is 2. The lowest BCUT2D eigenvalue weighted by atomic mass is 10.0. The van der Waals surface area contributed by atoms with Crippen molar-refractivity contribution < 1.29 is 0 Å². The van der Waals surface area contributed by atoms with Gasteiger partial charge in [-0.1, -0.05) is 24.4 Å². The van der Waals surface area contributed by atoms with Crippen molar-refractivity contribution in [2.75, 3.05) is 5.75 Å². The van der Waals surface area contributed by atoms with Gasteiger partial charge >= 0.3 is 0 Å². The molecule has 64 valence electrons. The molecule has 0 amide bonds. The van der Waals surface area contributed by atoms with Crippen molar-refractivity contribution in [3.63, 3.8) is 0 Å². The summed E-state index contributed by atoms with van der Waals surface area (Å²) in [5.74, 6) is 1.66. The van der Waals surface area contributed by atoms with Crippen molar-refractivity contribution in [1.82, 2.24) is 3.11 Å². The van der Waals surface area contributed by atoms with E-state index < -0.39 is 0 Å². The highest BCUT2D eigenvalue weighted by Crippen LogP contribution is 2.41. The summed E-state index contributed by atoms with van der Waals surface area (Å²) in [5, 5.41) is 0. The Morgan fingerprint density at radius 2 is 2.33 bits per heavy atom. The van der Waals surface area contributed by atoms with Crippen LogP contribution >= 0.6 is 59.1 Å². The molecule has 2 aliphatic rings. The molecular weight excluding hydrogens is 321 g/mol. The average Bonchev–Trinajstić information content (AvgIpc) is 2.48. The van der Waals surface area contributed by atoms with E-state index in [9.17, 15) is 0 Å². The lowest BCUT2D eigenvalue weighted by Crippen LogP contribution is -2.33. The minimum absolute atomic E-state index is 0.480. The average molecular weight is 327 g/mol. The van der Waals surface area contributed by atoms with Gasteiger partial charge in [0.1, 0.15) is 9.98 Å². The van der Waals surface area contributed by atoms with E-state index in [0.29, 0.717) is 5.92 Å². The maximum Gasteiger partial charge on any atom is 0.116 e. The van der Waals surface area contributed by atoms with Gasteiger partial charge in [-0.05, 0) is 23.2 Å². The Morgan fingerprint density at radius 1 is 1.58 bits per heavy atom. The van der Waals surface area contributed by atoms with Gasteiger partial charge < -0.3 is 0 Å². The molecule has 5 heteroatoms. The van der Waals surface area contributed by atoms with Gasteiger partial charge in [0.25, 0.3) is 0 Å². The molecule has 1 fully saturated rings. The number of rotatable bonds is 0. The Labute approximate surface area is 100 Å². The van der Waals surface area contributed by atoms with E-state index in [1.807, 2.05) is 14.9 Å². The maximum absolute atomic E-state index is 5.32. The summed E-state index contributed by atoms with van der Waals surface area (Å²) < 4.78 is 1.92. The zero-order chi connectivity index (χ0) is 8.72. The summed E-state index contributed by atoms with van der Waals surface area (Å²) >= 11 is 14.6. The van der Waals surface area contributed by atoms with Crippen molar-refractivity contribution >= 4 is 69.0 Å². The number of hydrogen-bond donors (Lipinski definition) is 0. The second-order valence-corrected chi connectivity index (χ2v) is 5.66. The highest BCUT2D eigenvalue weighted by molar-refractivity contribution is 14.1. The van der Waals surface area contributed by atoms with E-state index in [4.69, 9.17) is 24.4 Å². The second kappa shape index (κ2) is 3.51. The molecular formula is C7H6INS3. The Kier molecular flexibility index (Phi) is 2.74. The van der Waals surface area contributed by atoms with Crippen molar-refractivity contribution in [3.8, 4) is 0 Å². The zero-order valence-corrected chi connectivity index (χ0v) is 10.7. The van der Waals surface area contributed by atoms with Crippen LogP contribution in [-0.2, 0) is 0 Å². The van der Waals surface area contributed by atoms with Crippen molar-refractivity contribution in [3.05, 3.63) is 11.0 Å². The Hall–Kier alpha value is 0.800. The number of fused-ring (bicyclic) bond motifs is 1. The number of nitrogens with zero attached hydrogens (tertiary/aromatic N) is 1. The van der Waals surface area contributed by atoms with Gasteiger partial charge in [0.2, 0.25) is 0 Å². The topological polar surface area (TPSA) is 3.24 Å². The van der Waals surface area contributed by atoms with Crippen LogP contribution in [0.25, 0.3) is 0 Å². The standard InChI is InChI=1S/C7H6INS3/c8-9-6(10)3-5-4(7(9)11)1-2-12-5/h3-4H,1-2H2. The highest BCUT2D eigenvalue weighted by atomic mass is 127. The van der Waals surface area contributed by atoms with Crippen LogP contribution in [-0.4, -0.2) is 18.8 Å². The molecule has 0 radical (unpaired) electrons. The molecule has 1 atom stereocenters. The molecule has 0 aromatic rings. The molecule has 2 aliphatic heterocycles. The summed E-state index contributed by atoms with van der Waals surface area (Å²) in [6.45, 7) is 0. The zero-order valence-electron chi connectivity index (χ0n) is 6.12. The molecule has 1 saturated heterocycles. The Balaban J connectivity index is 2.38. The number of halogens is 1. The third-order valence-corrected chi connectivity index (χ3v) is 5.61. The number of hydrogen-bond acceptors (Lipinski definition) is 3. The Bertz CT molecular complexity index is 286. The third-order valence-electron chi connectivity index (χ3n) is 1.97. The van der Waals surface area contributed by atoms with Gasteiger partial charge in [-0.15, -0.1) is 11.8 Å². The SMILES string of the molecule is S=C1C=C2SCCC2C(=S)N1I. The van der Waals surface area contributed by atoms with E-state index in [2.05, 4.69) is 28.9 Å². The smallest absolute Gasteiger partial charge is 0.116 e. The van der Waals surface area contributed by atoms with Gasteiger partial charge in [0.05, 0.1) is 22.9 Å². The first-order valence-electron chi connectivity index (χ1n) is 3.58. The van der Waals surface area contributed by atoms with Crippen LogP contribution in [0.15, 0.2) is 11.0 Å². The van der Waals surface area contributed by atoms with Gasteiger partial charge in [-0.25, -0.2) is 0 Å². The van der Waals surface area contributed by atoms with Crippen LogP contribution in [0.5, 0.6) is 0 Å². The second-order valence-electron chi connectivity index (χ2n) is 2.69. The van der Waals surface area contributed by atoms with Gasteiger partial charge in [-0.3, -0.25) is 3.11 Å². The molecule has 12 heavy (non-hydrogen) atoms. The quantitative estimate of drug-likeness (QED) is 0.382.